The van der Waals surface area contributed by atoms with E-state index in [0.29, 0.717) is 34.9 Å². The van der Waals surface area contributed by atoms with Crippen molar-refractivity contribution < 1.29 is 41.3 Å². The SMILES string of the molecule is O=C(O)c1ccc2nc(Cc3cc(F)c(-c4cccc(OCc5cc(C(F)(F)F)cs5)n4)cc3F)n(C[C@@H]3CCO3)c2c1. The van der Waals surface area contributed by atoms with Crippen LogP contribution in [0.1, 0.15) is 38.6 Å². The van der Waals surface area contributed by atoms with Crippen LogP contribution in [0.5, 0.6) is 5.88 Å². The summed E-state index contributed by atoms with van der Waals surface area (Å²) < 4.78 is 82.2. The zero-order chi connectivity index (χ0) is 30.3. The highest BCUT2D eigenvalue weighted by Gasteiger charge is 2.31. The molecule has 1 aliphatic rings. The van der Waals surface area contributed by atoms with Crippen molar-refractivity contribution in [2.75, 3.05) is 6.61 Å². The number of nitrogens with zero attached hydrogens (tertiary/aromatic N) is 3. The molecule has 0 saturated carbocycles. The Labute approximate surface area is 245 Å². The van der Waals surface area contributed by atoms with Gasteiger partial charge in [-0.3, -0.25) is 0 Å². The number of aromatic nitrogens is 3. The zero-order valence-electron chi connectivity index (χ0n) is 22.2. The molecule has 1 fully saturated rings. The minimum Gasteiger partial charge on any atom is -0.478 e. The van der Waals surface area contributed by atoms with Gasteiger partial charge in [0.05, 0.1) is 40.5 Å². The number of aromatic carboxylic acids is 1. The lowest BCUT2D eigenvalue weighted by molar-refractivity contribution is -0.137. The zero-order valence-corrected chi connectivity index (χ0v) is 23.0. The Kier molecular flexibility index (Phi) is 7.61. The van der Waals surface area contributed by atoms with Crippen LogP contribution in [-0.2, 0) is 30.5 Å². The first-order valence-electron chi connectivity index (χ1n) is 13.1. The molecule has 13 heteroatoms. The first-order chi connectivity index (χ1) is 20.5. The van der Waals surface area contributed by atoms with Gasteiger partial charge < -0.3 is 19.1 Å². The maximum Gasteiger partial charge on any atom is 0.417 e. The van der Waals surface area contributed by atoms with E-state index in [4.69, 9.17) is 9.47 Å². The van der Waals surface area contributed by atoms with Gasteiger partial charge in [-0.1, -0.05) is 6.07 Å². The van der Waals surface area contributed by atoms with Crippen LogP contribution in [0.4, 0.5) is 22.0 Å². The van der Waals surface area contributed by atoms with Gasteiger partial charge in [0, 0.05) is 34.9 Å². The lowest BCUT2D eigenvalue weighted by Crippen LogP contribution is -2.31. The number of hydrogen-bond donors (Lipinski definition) is 1. The van der Waals surface area contributed by atoms with E-state index in [0.717, 1.165) is 41.3 Å². The second-order valence-electron chi connectivity index (χ2n) is 9.98. The number of rotatable bonds is 9. The molecule has 4 heterocycles. The summed E-state index contributed by atoms with van der Waals surface area (Å²) in [6.45, 7) is 0.826. The number of halogens is 5. The van der Waals surface area contributed by atoms with Gasteiger partial charge in [-0.05, 0) is 54.4 Å². The van der Waals surface area contributed by atoms with Gasteiger partial charge in [0.2, 0.25) is 5.88 Å². The van der Waals surface area contributed by atoms with Gasteiger partial charge in [0.25, 0.3) is 0 Å². The molecule has 7 nitrogen and oxygen atoms in total. The fourth-order valence-electron chi connectivity index (χ4n) is 4.76. The monoisotopic (exact) mass is 615 g/mol. The van der Waals surface area contributed by atoms with Crippen molar-refractivity contribution in [1.82, 2.24) is 14.5 Å². The Hall–Kier alpha value is -4.36. The predicted molar refractivity (Wildman–Crippen MR) is 147 cm³/mol. The smallest absolute Gasteiger partial charge is 0.417 e. The molecule has 1 atom stereocenters. The lowest BCUT2D eigenvalue weighted by atomic mass is 10.0. The number of carbonyl (C=O) groups is 1. The maximum absolute atomic E-state index is 15.4. The molecular formula is C30H22F5N3O4S. The number of hydrogen-bond acceptors (Lipinski definition) is 6. The number of benzene rings is 2. The van der Waals surface area contributed by atoms with E-state index in [-0.39, 0.29) is 47.4 Å². The molecule has 6 rings (SSSR count). The van der Waals surface area contributed by atoms with Gasteiger partial charge in [0.1, 0.15) is 24.1 Å². The summed E-state index contributed by atoms with van der Waals surface area (Å²) in [7, 11) is 0. The van der Waals surface area contributed by atoms with Gasteiger partial charge in [-0.15, -0.1) is 11.3 Å². The summed E-state index contributed by atoms with van der Waals surface area (Å²) in [4.78, 5) is 20.7. The fraction of sp³-hybridized carbons (Fsp3) is 0.233. The van der Waals surface area contributed by atoms with Gasteiger partial charge in [-0.2, -0.15) is 13.2 Å². The topological polar surface area (TPSA) is 86.5 Å². The summed E-state index contributed by atoms with van der Waals surface area (Å²) >= 11 is 0.892. The average molecular weight is 616 g/mol. The van der Waals surface area contributed by atoms with Crippen LogP contribution in [0.15, 0.2) is 60.0 Å². The summed E-state index contributed by atoms with van der Waals surface area (Å²) in [5.41, 5.74) is 0.388. The molecule has 0 aliphatic carbocycles. The Morgan fingerprint density at radius 1 is 1.09 bits per heavy atom. The molecule has 1 N–H and O–H groups in total. The molecule has 0 radical (unpaired) electrons. The van der Waals surface area contributed by atoms with Gasteiger partial charge >= 0.3 is 12.1 Å². The molecule has 43 heavy (non-hydrogen) atoms. The molecular weight excluding hydrogens is 593 g/mol. The number of carboxylic acid groups (broad SMARTS) is 1. The molecule has 0 unspecified atom stereocenters. The maximum atomic E-state index is 15.4. The van der Waals surface area contributed by atoms with Crippen molar-refractivity contribution >= 4 is 28.3 Å². The van der Waals surface area contributed by atoms with Crippen molar-refractivity contribution in [3.05, 3.63) is 99.0 Å². The Morgan fingerprint density at radius 3 is 2.60 bits per heavy atom. The Bertz CT molecular complexity index is 1830. The number of ether oxygens (including phenoxy) is 2. The predicted octanol–water partition coefficient (Wildman–Crippen LogP) is 7.11. The summed E-state index contributed by atoms with van der Waals surface area (Å²) in [5, 5.41) is 10.4. The third-order valence-corrected chi connectivity index (χ3v) is 7.99. The van der Waals surface area contributed by atoms with E-state index >= 15 is 8.78 Å². The molecule has 0 bridgehead atoms. The number of carboxylic acids is 1. The molecule has 5 aromatic rings. The van der Waals surface area contributed by atoms with Crippen LogP contribution < -0.4 is 4.74 Å². The summed E-state index contributed by atoms with van der Waals surface area (Å²) in [6.07, 6.45) is -3.81. The van der Waals surface area contributed by atoms with Gasteiger partial charge in [-0.25, -0.2) is 23.5 Å². The largest absolute Gasteiger partial charge is 0.478 e. The van der Waals surface area contributed by atoms with Crippen LogP contribution in [0, 0.1) is 11.6 Å². The van der Waals surface area contributed by atoms with Crippen molar-refractivity contribution in [2.45, 2.75) is 38.3 Å². The van der Waals surface area contributed by atoms with Crippen LogP contribution in [0.25, 0.3) is 22.3 Å². The number of pyridine rings is 1. The molecule has 222 valence electrons. The van der Waals surface area contributed by atoms with E-state index in [1.54, 1.807) is 10.6 Å². The number of imidazole rings is 1. The van der Waals surface area contributed by atoms with E-state index in [9.17, 15) is 23.1 Å². The summed E-state index contributed by atoms with van der Waals surface area (Å²) in [5.74, 6) is -2.07. The number of fused-ring (bicyclic) bond motifs is 1. The number of thiophene rings is 1. The standard InChI is InChI=1S/C30H22F5N3O4S/c31-22-12-21(24-2-1-3-28(37-24)42-14-20-11-18(15-43-20)30(33,34)35)23(32)8-17(22)10-27-36-25-5-4-16(29(39)40)9-26(25)38(27)13-19-6-7-41-19/h1-5,8-9,11-12,15,19H,6-7,10,13-14H2,(H,39,40)/t19-/m0/s1. The highest BCUT2D eigenvalue weighted by molar-refractivity contribution is 7.10. The van der Waals surface area contributed by atoms with Crippen LogP contribution in [0.2, 0.25) is 0 Å². The first-order valence-corrected chi connectivity index (χ1v) is 14.0. The summed E-state index contributed by atoms with van der Waals surface area (Å²) in [6, 6.07) is 12.1. The van der Waals surface area contributed by atoms with E-state index in [2.05, 4.69) is 9.97 Å². The normalized spacial score (nSPS) is 15.0. The van der Waals surface area contributed by atoms with Crippen molar-refractivity contribution in [2.24, 2.45) is 0 Å². The fourth-order valence-corrected chi connectivity index (χ4v) is 5.56. The van der Waals surface area contributed by atoms with Crippen molar-refractivity contribution in [3.63, 3.8) is 0 Å². The van der Waals surface area contributed by atoms with Crippen LogP contribution in [-0.4, -0.2) is 38.3 Å². The molecule has 3 aromatic heterocycles. The Balaban J connectivity index is 1.25. The van der Waals surface area contributed by atoms with E-state index < -0.39 is 29.3 Å². The molecule has 0 spiro atoms. The van der Waals surface area contributed by atoms with Crippen molar-refractivity contribution in [1.29, 1.82) is 0 Å². The third kappa shape index (κ3) is 6.09. The molecule has 1 saturated heterocycles. The quantitative estimate of drug-likeness (QED) is 0.178. The highest BCUT2D eigenvalue weighted by Crippen LogP contribution is 2.33. The Morgan fingerprint density at radius 2 is 1.91 bits per heavy atom. The highest BCUT2D eigenvalue weighted by atomic mass is 32.1. The first kappa shape index (κ1) is 28.7. The second kappa shape index (κ2) is 11.4. The lowest BCUT2D eigenvalue weighted by Gasteiger charge is -2.27. The average Bonchev–Trinajstić information content (AvgIpc) is 3.56. The molecule has 1 aliphatic heterocycles. The molecule has 0 amide bonds. The van der Waals surface area contributed by atoms with E-state index in [1.807, 2.05) is 0 Å². The van der Waals surface area contributed by atoms with Crippen LogP contribution in [0.3, 0.4) is 0 Å². The number of alkyl halides is 3. The van der Waals surface area contributed by atoms with Crippen LogP contribution >= 0.6 is 11.3 Å². The van der Waals surface area contributed by atoms with Crippen molar-refractivity contribution in [3.8, 4) is 17.1 Å². The third-order valence-electron chi connectivity index (χ3n) is 7.08. The van der Waals surface area contributed by atoms with Gasteiger partial charge in [0.15, 0.2) is 0 Å². The minimum absolute atomic E-state index is 0.0380. The molecule has 2 aromatic carbocycles. The van der Waals surface area contributed by atoms with E-state index in [1.165, 1.54) is 30.3 Å². The second-order valence-corrected chi connectivity index (χ2v) is 11.0. The minimum atomic E-state index is -4.46.